The highest BCUT2D eigenvalue weighted by Gasteiger charge is 2.26. The van der Waals surface area contributed by atoms with Crippen LogP contribution in [-0.4, -0.2) is 28.3 Å². The summed E-state index contributed by atoms with van der Waals surface area (Å²) < 4.78 is 7.43. The molecule has 5 rings (SSSR count). The van der Waals surface area contributed by atoms with Gasteiger partial charge in [0, 0.05) is 7.05 Å². The van der Waals surface area contributed by atoms with Crippen LogP contribution in [0.3, 0.4) is 0 Å². The molecule has 7 nitrogen and oxygen atoms in total. The number of amidine groups is 1. The van der Waals surface area contributed by atoms with E-state index in [0.717, 1.165) is 6.42 Å². The number of nitrogens with zero attached hydrogens (tertiary/aromatic N) is 3. The standard InChI is InChI=1S/C26H28N4O3/c1-16-7-8-18(11-17(16)2)12-21-15-32-29-25(28-21)24-23(14-27-30(3)26(24)31)33-22-6-4-5-20(13-22)19-9-10-19/h4-8,11,13-14,19,21H,9-10,12,15H2,1-3H3,(H,28,29). The molecule has 2 aliphatic rings. The summed E-state index contributed by atoms with van der Waals surface area (Å²) in [4.78, 5) is 23.5. The van der Waals surface area contributed by atoms with Crippen LogP contribution in [0.4, 0.5) is 0 Å². The van der Waals surface area contributed by atoms with Gasteiger partial charge in [0.25, 0.3) is 5.56 Å². The van der Waals surface area contributed by atoms with E-state index >= 15 is 0 Å². The number of aromatic nitrogens is 2. The Kier molecular flexibility index (Phi) is 5.72. The molecule has 7 heteroatoms. The van der Waals surface area contributed by atoms with Crippen molar-refractivity contribution in [2.24, 2.45) is 12.0 Å². The summed E-state index contributed by atoms with van der Waals surface area (Å²) in [5.74, 6) is 2.01. The van der Waals surface area contributed by atoms with Crippen LogP contribution in [-0.2, 0) is 18.3 Å². The molecule has 0 spiro atoms. The Bertz CT molecular complexity index is 1280. The van der Waals surface area contributed by atoms with Crippen LogP contribution in [0.2, 0.25) is 0 Å². The molecule has 0 bridgehead atoms. The number of benzene rings is 2. The number of aryl methyl sites for hydroxylation is 3. The monoisotopic (exact) mass is 444 g/mol. The largest absolute Gasteiger partial charge is 0.455 e. The van der Waals surface area contributed by atoms with Crippen molar-refractivity contribution in [2.75, 3.05) is 6.61 Å². The van der Waals surface area contributed by atoms with Gasteiger partial charge in [-0.3, -0.25) is 14.6 Å². The van der Waals surface area contributed by atoms with Crippen molar-refractivity contribution >= 4 is 5.84 Å². The third-order valence-corrected chi connectivity index (χ3v) is 6.27. The summed E-state index contributed by atoms with van der Waals surface area (Å²) in [5.41, 5.74) is 7.81. The van der Waals surface area contributed by atoms with Gasteiger partial charge in [0.1, 0.15) is 11.3 Å². The summed E-state index contributed by atoms with van der Waals surface area (Å²) in [6.07, 6.45) is 4.69. The van der Waals surface area contributed by atoms with Gasteiger partial charge >= 0.3 is 0 Å². The van der Waals surface area contributed by atoms with E-state index in [-0.39, 0.29) is 11.6 Å². The number of hydrogen-bond acceptors (Lipinski definition) is 6. The number of hydroxylamine groups is 1. The Morgan fingerprint density at radius 2 is 2.00 bits per heavy atom. The molecule has 1 unspecified atom stereocenters. The molecule has 33 heavy (non-hydrogen) atoms. The molecule has 1 aliphatic carbocycles. The molecule has 170 valence electrons. The van der Waals surface area contributed by atoms with Crippen molar-refractivity contribution in [2.45, 2.75) is 45.1 Å². The highest BCUT2D eigenvalue weighted by atomic mass is 16.6. The summed E-state index contributed by atoms with van der Waals surface area (Å²) in [5, 5.41) is 4.16. The van der Waals surface area contributed by atoms with E-state index in [1.54, 1.807) is 13.2 Å². The van der Waals surface area contributed by atoms with Crippen LogP contribution in [0.1, 0.15) is 46.6 Å². The Hall–Kier alpha value is -3.45. The molecule has 2 aromatic carbocycles. The van der Waals surface area contributed by atoms with E-state index in [0.29, 0.717) is 35.4 Å². The Labute approximate surface area is 193 Å². The molecule has 0 radical (unpaired) electrons. The van der Waals surface area contributed by atoms with Crippen molar-refractivity contribution in [3.63, 3.8) is 0 Å². The van der Waals surface area contributed by atoms with Crippen LogP contribution in [0.15, 0.2) is 58.4 Å². The zero-order valence-corrected chi connectivity index (χ0v) is 19.2. The predicted molar refractivity (Wildman–Crippen MR) is 127 cm³/mol. The summed E-state index contributed by atoms with van der Waals surface area (Å²) >= 11 is 0. The first kappa shape index (κ1) is 21.4. The lowest BCUT2D eigenvalue weighted by Gasteiger charge is -2.23. The van der Waals surface area contributed by atoms with E-state index in [4.69, 9.17) is 14.6 Å². The second-order valence-electron chi connectivity index (χ2n) is 8.93. The van der Waals surface area contributed by atoms with Gasteiger partial charge in [-0.1, -0.05) is 30.3 Å². The van der Waals surface area contributed by atoms with Crippen molar-refractivity contribution in [1.82, 2.24) is 15.3 Å². The van der Waals surface area contributed by atoms with Gasteiger partial charge in [-0.25, -0.2) is 10.2 Å². The minimum Gasteiger partial charge on any atom is -0.455 e. The normalized spacial score (nSPS) is 17.9. The van der Waals surface area contributed by atoms with Gasteiger partial charge in [0.15, 0.2) is 11.6 Å². The van der Waals surface area contributed by atoms with Crippen LogP contribution in [0.5, 0.6) is 11.5 Å². The minimum atomic E-state index is -0.299. The third-order valence-electron chi connectivity index (χ3n) is 6.27. The van der Waals surface area contributed by atoms with E-state index in [2.05, 4.69) is 48.7 Å². The Balaban J connectivity index is 1.46. The van der Waals surface area contributed by atoms with Crippen molar-refractivity contribution in [1.29, 1.82) is 0 Å². The average Bonchev–Trinajstić information content (AvgIpc) is 3.65. The molecule has 1 atom stereocenters. The van der Waals surface area contributed by atoms with E-state index < -0.39 is 0 Å². The number of aliphatic imine (C=N–C) groups is 1. The second kappa shape index (κ2) is 8.83. The smallest absolute Gasteiger partial charge is 0.281 e. The van der Waals surface area contributed by atoms with Gasteiger partial charge in [0.05, 0.1) is 18.8 Å². The number of hydrogen-bond donors (Lipinski definition) is 1. The summed E-state index contributed by atoms with van der Waals surface area (Å²) in [6, 6.07) is 14.3. The topological polar surface area (TPSA) is 77.7 Å². The number of rotatable bonds is 6. The third kappa shape index (κ3) is 4.68. The van der Waals surface area contributed by atoms with Gasteiger partial charge in [-0.2, -0.15) is 5.10 Å². The fourth-order valence-electron chi connectivity index (χ4n) is 4.07. The van der Waals surface area contributed by atoms with Gasteiger partial charge in [-0.05, 0) is 73.4 Å². The maximum atomic E-state index is 13.1. The molecule has 3 aromatic rings. The van der Waals surface area contributed by atoms with E-state index in [9.17, 15) is 4.79 Å². The molecular formula is C26H28N4O3. The quantitative estimate of drug-likeness (QED) is 0.623. The number of ether oxygens (including phenoxy) is 1. The fraction of sp³-hybridized carbons (Fsp3) is 0.346. The van der Waals surface area contributed by atoms with Crippen molar-refractivity contribution < 1.29 is 9.57 Å². The van der Waals surface area contributed by atoms with E-state index in [1.165, 1.54) is 39.8 Å². The highest BCUT2D eigenvalue weighted by molar-refractivity contribution is 6.00. The molecular weight excluding hydrogens is 416 g/mol. The van der Waals surface area contributed by atoms with E-state index in [1.807, 2.05) is 18.2 Å². The maximum Gasteiger partial charge on any atom is 0.281 e. The predicted octanol–water partition coefficient (Wildman–Crippen LogP) is 3.96. The maximum absolute atomic E-state index is 13.1. The fourth-order valence-corrected chi connectivity index (χ4v) is 4.07. The van der Waals surface area contributed by atoms with Crippen LogP contribution >= 0.6 is 0 Å². The zero-order valence-electron chi connectivity index (χ0n) is 19.2. The van der Waals surface area contributed by atoms with Crippen LogP contribution in [0, 0.1) is 13.8 Å². The molecule has 0 saturated heterocycles. The molecule has 1 N–H and O–H groups in total. The van der Waals surface area contributed by atoms with Gasteiger partial charge in [0.2, 0.25) is 0 Å². The molecule has 1 saturated carbocycles. The van der Waals surface area contributed by atoms with Crippen molar-refractivity contribution in [3.05, 3.63) is 86.8 Å². The second-order valence-corrected chi connectivity index (χ2v) is 8.93. The van der Waals surface area contributed by atoms with Gasteiger partial charge in [-0.15, -0.1) is 0 Å². The Morgan fingerprint density at radius 1 is 1.15 bits per heavy atom. The molecule has 1 aliphatic heterocycles. The first-order chi connectivity index (χ1) is 16.0. The lowest BCUT2D eigenvalue weighted by Crippen LogP contribution is -2.40. The molecule has 1 aromatic heterocycles. The lowest BCUT2D eigenvalue weighted by molar-refractivity contribution is 0.0622. The molecule has 1 fully saturated rings. The molecule has 0 amide bonds. The van der Waals surface area contributed by atoms with Crippen molar-refractivity contribution in [3.8, 4) is 11.5 Å². The zero-order chi connectivity index (χ0) is 22.9. The summed E-state index contributed by atoms with van der Waals surface area (Å²) in [7, 11) is 1.61. The van der Waals surface area contributed by atoms with Crippen LogP contribution < -0.4 is 15.8 Å². The summed E-state index contributed by atoms with van der Waals surface area (Å²) in [6.45, 7) is 4.63. The average molecular weight is 445 g/mol. The SMILES string of the molecule is Cc1ccc(CC2CONC(c3c(Oc4cccc(C5CC5)c4)cnn(C)c3=O)=N2)cc1C. The highest BCUT2D eigenvalue weighted by Crippen LogP contribution is 2.41. The first-order valence-corrected chi connectivity index (χ1v) is 11.3. The van der Waals surface area contributed by atoms with Gasteiger partial charge < -0.3 is 4.74 Å². The van der Waals surface area contributed by atoms with Crippen LogP contribution in [0.25, 0.3) is 0 Å². The Morgan fingerprint density at radius 3 is 2.79 bits per heavy atom. The first-order valence-electron chi connectivity index (χ1n) is 11.3. The number of nitrogens with one attached hydrogen (secondary N) is 1. The molecule has 2 heterocycles. The minimum absolute atomic E-state index is 0.118. The lowest BCUT2D eigenvalue weighted by atomic mass is 10.0.